The van der Waals surface area contributed by atoms with Gasteiger partial charge in [-0.15, -0.1) is 0 Å². The third-order valence-electron chi connectivity index (χ3n) is 5.55. The van der Waals surface area contributed by atoms with Crippen molar-refractivity contribution in [3.63, 3.8) is 0 Å². The number of amides is 1. The maximum atomic E-state index is 13.3. The predicted molar refractivity (Wildman–Crippen MR) is 107 cm³/mol. The highest BCUT2D eigenvalue weighted by Gasteiger charge is 2.41. The molecule has 3 aliphatic rings. The van der Waals surface area contributed by atoms with Gasteiger partial charge in [-0.1, -0.05) is 12.2 Å². The fourth-order valence-electron chi connectivity index (χ4n) is 4.07. The molecule has 0 bridgehead atoms. The van der Waals surface area contributed by atoms with Crippen LogP contribution in [0.15, 0.2) is 35.3 Å². The number of benzene rings is 1. The van der Waals surface area contributed by atoms with E-state index < -0.39 is 34.2 Å². The lowest BCUT2D eigenvalue weighted by molar-refractivity contribution is -0.137. The number of hydrogen-bond donors (Lipinski definition) is 2. The van der Waals surface area contributed by atoms with Crippen molar-refractivity contribution in [3.8, 4) is 0 Å². The van der Waals surface area contributed by atoms with E-state index in [2.05, 4.69) is 10.6 Å². The molecule has 1 amide bonds. The van der Waals surface area contributed by atoms with E-state index in [-0.39, 0.29) is 27.8 Å². The first-order valence-corrected chi connectivity index (χ1v) is 11.3. The van der Waals surface area contributed by atoms with Crippen LogP contribution in [0.3, 0.4) is 0 Å². The Bertz CT molecular complexity index is 1030. The molecule has 10 heteroatoms. The van der Waals surface area contributed by atoms with Crippen molar-refractivity contribution < 1.29 is 26.4 Å². The van der Waals surface area contributed by atoms with Crippen molar-refractivity contribution in [1.29, 1.82) is 0 Å². The van der Waals surface area contributed by atoms with Gasteiger partial charge in [0.1, 0.15) is 6.54 Å². The standard InChI is InChI=1S/C20H22F3N3O3S/c21-20(22,23)13-5-6-17-16(11-13)15-3-1-2-4-18(15)30(28,29)26(17)12-19(27)25-14-7-9-24-10-8-14/h3-6,11,14,24H,1-2,7-10,12H2,(H,25,27). The fourth-order valence-corrected chi connectivity index (χ4v) is 5.82. The zero-order valence-electron chi connectivity index (χ0n) is 16.1. The van der Waals surface area contributed by atoms with Crippen LogP contribution in [0.5, 0.6) is 0 Å². The Morgan fingerprint density at radius 3 is 2.57 bits per heavy atom. The Morgan fingerprint density at radius 1 is 1.17 bits per heavy atom. The predicted octanol–water partition coefficient (Wildman–Crippen LogP) is 2.78. The van der Waals surface area contributed by atoms with Crippen molar-refractivity contribution in [2.75, 3.05) is 23.9 Å². The van der Waals surface area contributed by atoms with Gasteiger partial charge in [-0.2, -0.15) is 13.2 Å². The summed E-state index contributed by atoms with van der Waals surface area (Å²) in [5.74, 6) is -0.472. The van der Waals surface area contributed by atoms with Crippen LogP contribution in [0.25, 0.3) is 5.57 Å². The molecule has 0 atom stereocenters. The summed E-state index contributed by atoms with van der Waals surface area (Å²) in [5, 5.41) is 6.02. The molecule has 0 spiro atoms. The number of nitrogens with zero attached hydrogens (tertiary/aromatic N) is 1. The smallest absolute Gasteiger partial charge is 0.352 e. The molecule has 0 unspecified atom stereocenters. The molecule has 4 rings (SSSR count). The van der Waals surface area contributed by atoms with E-state index in [0.29, 0.717) is 12.8 Å². The van der Waals surface area contributed by atoms with Crippen LogP contribution < -0.4 is 14.9 Å². The number of rotatable bonds is 3. The van der Waals surface area contributed by atoms with Crippen LogP contribution in [0, 0.1) is 0 Å². The summed E-state index contributed by atoms with van der Waals surface area (Å²) < 4.78 is 67.2. The molecule has 1 saturated heterocycles. The fraction of sp³-hybridized carbons (Fsp3) is 0.450. The molecule has 30 heavy (non-hydrogen) atoms. The number of carbonyl (C=O) groups excluding carboxylic acids is 1. The summed E-state index contributed by atoms with van der Waals surface area (Å²) in [7, 11) is -4.05. The van der Waals surface area contributed by atoms with E-state index in [4.69, 9.17) is 0 Å². The van der Waals surface area contributed by atoms with Crippen LogP contribution in [-0.2, 0) is 21.0 Å². The van der Waals surface area contributed by atoms with E-state index in [1.54, 1.807) is 6.08 Å². The monoisotopic (exact) mass is 441 g/mol. The average Bonchev–Trinajstić information content (AvgIpc) is 2.71. The molecular formula is C20H22F3N3O3S. The van der Waals surface area contributed by atoms with Gasteiger partial charge in [0.25, 0.3) is 10.0 Å². The minimum absolute atomic E-state index is 0.0322. The lowest BCUT2D eigenvalue weighted by Gasteiger charge is -2.35. The van der Waals surface area contributed by atoms with Crippen LogP contribution in [-0.4, -0.2) is 40.0 Å². The molecular weight excluding hydrogens is 419 g/mol. The van der Waals surface area contributed by atoms with E-state index in [1.807, 2.05) is 0 Å². The van der Waals surface area contributed by atoms with Gasteiger partial charge in [0, 0.05) is 17.2 Å². The third-order valence-corrected chi connectivity index (χ3v) is 7.40. The number of fused-ring (bicyclic) bond motifs is 3. The molecule has 1 aromatic carbocycles. The molecule has 2 N–H and O–H groups in total. The van der Waals surface area contributed by atoms with Crippen LogP contribution in [0.1, 0.15) is 36.8 Å². The van der Waals surface area contributed by atoms with Gasteiger partial charge >= 0.3 is 6.18 Å². The third kappa shape index (κ3) is 3.85. The summed E-state index contributed by atoms with van der Waals surface area (Å²) >= 11 is 0. The molecule has 1 fully saturated rings. The first-order valence-electron chi connectivity index (χ1n) is 9.83. The number of allylic oxidation sites excluding steroid dienone is 3. The van der Waals surface area contributed by atoms with Gasteiger partial charge < -0.3 is 10.6 Å². The van der Waals surface area contributed by atoms with Gasteiger partial charge in [-0.25, -0.2) is 8.42 Å². The highest BCUT2D eigenvalue weighted by atomic mass is 32.2. The molecule has 1 aromatic rings. The minimum atomic E-state index is -4.55. The lowest BCUT2D eigenvalue weighted by Crippen LogP contribution is -2.48. The van der Waals surface area contributed by atoms with Gasteiger partial charge in [-0.3, -0.25) is 9.10 Å². The first kappa shape index (κ1) is 20.9. The molecule has 0 aromatic heterocycles. The van der Waals surface area contributed by atoms with E-state index in [1.165, 1.54) is 6.08 Å². The zero-order chi connectivity index (χ0) is 21.5. The maximum absolute atomic E-state index is 13.3. The molecule has 2 heterocycles. The van der Waals surface area contributed by atoms with Gasteiger partial charge in [0.2, 0.25) is 5.91 Å². The van der Waals surface area contributed by atoms with Gasteiger partial charge in [-0.05, 0) is 57.0 Å². The Hall–Kier alpha value is -2.33. The van der Waals surface area contributed by atoms with Crippen LogP contribution in [0.2, 0.25) is 0 Å². The van der Waals surface area contributed by atoms with Crippen molar-refractivity contribution in [1.82, 2.24) is 10.6 Å². The van der Waals surface area contributed by atoms with Gasteiger partial charge in [0.15, 0.2) is 0 Å². The molecule has 2 aliphatic heterocycles. The molecule has 0 saturated carbocycles. The highest BCUT2D eigenvalue weighted by molar-refractivity contribution is 7.97. The van der Waals surface area contributed by atoms with Crippen molar-refractivity contribution >= 4 is 27.2 Å². The van der Waals surface area contributed by atoms with Gasteiger partial charge in [0.05, 0.1) is 16.2 Å². The number of hydrogen-bond acceptors (Lipinski definition) is 4. The Balaban J connectivity index is 1.72. The average molecular weight is 441 g/mol. The van der Waals surface area contributed by atoms with E-state index >= 15 is 0 Å². The second-order valence-corrected chi connectivity index (χ2v) is 9.43. The minimum Gasteiger partial charge on any atom is -0.352 e. The summed E-state index contributed by atoms with van der Waals surface area (Å²) in [6.45, 7) is 1.04. The Kier molecular flexibility index (Phi) is 5.39. The number of halogens is 3. The number of sulfonamides is 1. The number of anilines is 1. The Labute approximate surface area is 172 Å². The summed E-state index contributed by atoms with van der Waals surface area (Å²) in [6, 6.07) is 2.90. The number of carbonyl (C=O) groups is 1. The zero-order valence-corrected chi connectivity index (χ0v) is 16.9. The molecule has 0 radical (unpaired) electrons. The number of nitrogens with one attached hydrogen (secondary N) is 2. The second kappa shape index (κ2) is 7.73. The van der Waals surface area contributed by atoms with Crippen molar-refractivity contribution in [3.05, 3.63) is 46.4 Å². The van der Waals surface area contributed by atoms with Crippen LogP contribution in [0.4, 0.5) is 18.9 Å². The SMILES string of the molecule is O=C(CN1c2ccc(C(F)(F)F)cc2C2=CCCC=C2S1(=O)=O)NC1CCNCC1. The van der Waals surface area contributed by atoms with E-state index in [0.717, 1.165) is 48.4 Å². The summed E-state index contributed by atoms with van der Waals surface area (Å²) in [4.78, 5) is 12.6. The molecule has 1 aliphatic carbocycles. The Morgan fingerprint density at radius 2 is 1.87 bits per heavy atom. The first-order chi connectivity index (χ1) is 14.2. The molecule has 6 nitrogen and oxygen atoms in total. The molecule has 162 valence electrons. The normalized spacial score (nSPS) is 21.2. The summed E-state index contributed by atoms with van der Waals surface area (Å²) in [6.07, 6.45) is 1.11. The maximum Gasteiger partial charge on any atom is 0.416 e. The highest BCUT2D eigenvalue weighted by Crippen LogP contribution is 2.46. The summed E-state index contributed by atoms with van der Waals surface area (Å²) in [5.41, 5.74) is -0.308. The van der Waals surface area contributed by atoms with Crippen LogP contribution >= 0.6 is 0 Å². The number of piperidine rings is 1. The topological polar surface area (TPSA) is 78.5 Å². The second-order valence-electron chi connectivity index (χ2n) is 7.60. The number of alkyl halides is 3. The van der Waals surface area contributed by atoms with E-state index in [9.17, 15) is 26.4 Å². The largest absolute Gasteiger partial charge is 0.416 e. The lowest BCUT2D eigenvalue weighted by atomic mass is 9.95. The quantitative estimate of drug-likeness (QED) is 0.756. The van der Waals surface area contributed by atoms with Crippen molar-refractivity contribution in [2.45, 2.75) is 37.9 Å². The van der Waals surface area contributed by atoms with Crippen molar-refractivity contribution in [2.24, 2.45) is 0 Å².